The third-order valence-electron chi connectivity index (χ3n) is 5.31. The number of hydrogen-bond acceptors (Lipinski definition) is 6. The molecule has 3 fully saturated rings. The first-order valence-corrected chi connectivity index (χ1v) is 8.25. The SMILES string of the molecule is C1CCN(CC2CON=C([C@]34CNC[C@H]3COC4)O2)CC1. The summed E-state index contributed by atoms with van der Waals surface area (Å²) < 4.78 is 11.9. The molecule has 0 bridgehead atoms. The van der Waals surface area contributed by atoms with E-state index in [0.29, 0.717) is 19.1 Å². The summed E-state index contributed by atoms with van der Waals surface area (Å²) in [4.78, 5) is 8.00. The molecule has 0 aromatic carbocycles. The second-order valence-electron chi connectivity index (χ2n) is 6.79. The molecule has 0 aromatic rings. The van der Waals surface area contributed by atoms with E-state index >= 15 is 0 Å². The molecule has 4 rings (SSSR count). The fourth-order valence-corrected chi connectivity index (χ4v) is 4.01. The van der Waals surface area contributed by atoms with Gasteiger partial charge >= 0.3 is 0 Å². The molecular weight excluding hydrogens is 270 g/mol. The van der Waals surface area contributed by atoms with Crippen molar-refractivity contribution in [2.45, 2.75) is 25.4 Å². The summed E-state index contributed by atoms with van der Waals surface area (Å²) in [6.07, 6.45) is 4.07. The third kappa shape index (κ3) is 2.53. The molecule has 6 nitrogen and oxygen atoms in total. The number of nitrogens with one attached hydrogen (secondary N) is 1. The van der Waals surface area contributed by atoms with Crippen molar-refractivity contribution in [1.82, 2.24) is 10.2 Å². The summed E-state index contributed by atoms with van der Waals surface area (Å²) in [6.45, 7) is 7.25. The first-order chi connectivity index (χ1) is 10.4. The first kappa shape index (κ1) is 13.8. The zero-order valence-electron chi connectivity index (χ0n) is 12.6. The molecule has 0 saturated carbocycles. The van der Waals surface area contributed by atoms with Gasteiger partial charge in [0.1, 0.15) is 6.10 Å². The van der Waals surface area contributed by atoms with E-state index in [2.05, 4.69) is 15.4 Å². The molecule has 1 unspecified atom stereocenters. The van der Waals surface area contributed by atoms with Crippen molar-refractivity contribution in [2.75, 3.05) is 52.5 Å². The summed E-state index contributed by atoms with van der Waals surface area (Å²) in [5, 5.41) is 7.70. The molecule has 118 valence electrons. The predicted octanol–water partition coefficient (Wildman–Crippen LogP) is 0.437. The van der Waals surface area contributed by atoms with Gasteiger partial charge < -0.3 is 19.6 Å². The smallest absolute Gasteiger partial charge is 0.236 e. The van der Waals surface area contributed by atoms with Crippen LogP contribution in [0.25, 0.3) is 0 Å². The molecule has 0 amide bonds. The van der Waals surface area contributed by atoms with Crippen molar-refractivity contribution in [3.63, 3.8) is 0 Å². The van der Waals surface area contributed by atoms with Gasteiger partial charge in [-0.15, -0.1) is 0 Å². The largest absolute Gasteiger partial charge is 0.470 e. The van der Waals surface area contributed by atoms with Crippen LogP contribution in [0.4, 0.5) is 0 Å². The van der Waals surface area contributed by atoms with Gasteiger partial charge in [-0.1, -0.05) is 11.6 Å². The molecule has 0 radical (unpaired) electrons. The van der Waals surface area contributed by atoms with Gasteiger partial charge in [-0.3, -0.25) is 4.90 Å². The van der Waals surface area contributed by atoms with Crippen LogP contribution in [0.15, 0.2) is 5.16 Å². The highest BCUT2D eigenvalue weighted by atomic mass is 16.7. The Hall–Kier alpha value is -0.850. The van der Waals surface area contributed by atoms with E-state index in [9.17, 15) is 0 Å². The van der Waals surface area contributed by atoms with Crippen LogP contribution in [0.1, 0.15) is 19.3 Å². The second-order valence-corrected chi connectivity index (χ2v) is 6.79. The van der Waals surface area contributed by atoms with Crippen molar-refractivity contribution in [1.29, 1.82) is 0 Å². The normalized spacial score (nSPS) is 40.3. The van der Waals surface area contributed by atoms with Gasteiger partial charge in [0.15, 0.2) is 6.61 Å². The molecule has 4 aliphatic rings. The maximum atomic E-state index is 6.24. The topological polar surface area (TPSA) is 55.3 Å². The zero-order chi connectivity index (χ0) is 14.1. The van der Waals surface area contributed by atoms with E-state index in [1.807, 2.05) is 0 Å². The molecule has 3 saturated heterocycles. The van der Waals surface area contributed by atoms with Crippen LogP contribution in [0.3, 0.4) is 0 Å². The third-order valence-corrected chi connectivity index (χ3v) is 5.31. The van der Waals surface area contributed by atoms with Crippen LogP contribution in [-0.2, 0) is 14.3 Å². The Morgan fingerprint density at radius 2 is 2.14 bits per heavy atom. The highest BCUT2D eigenvalue weighted by molar-refractivity contribution is 5.84. The highest BCUT2D eigenvalue weighted by Gasteiger charge is 2.54. The fourth-order valence-electron chi connectivity index (χ4n) is 4.01. The van der Waals surface area contributed by atoms with Crippen LogP contribution in [0.5, 0.6) is 0 Å². The molecule has 0 aromatic heterocycles. The van der Waals surface area contributed by atoms with E-state index in [0.717, 1.165) is 32.1 Å². The number of nitrogens with zero attached hydrogens (tertiary/aromatic N) is 2. The van der Waals surface area contributed by atoms with Crippen molar-refractivity contribution in [3.05, 3.63) is 0 Å². The molecule has 21 heavy (non-hydrogen) atoms. The quantitative estimate of drug-likeness (QED) is 0.819. The Balaban J connectivity index is 1.41. The van der Waals surface area contributed by atoms with Gasteiger partial charge in [-0.2, -0.15) is 0 Å². The molecule has 4 heterocycles. The minimum absolute atomic E-state index is 0.0967. The molecule has 4 aliphatic heterocycles. The number of ether oxygens (including phenoxy) is 2. The average molecular weight is 295 g/mol. The zero-order valence-corrected chi connectivity index (χ0v) is 12.6. The Morgan fingerprint density at radius 1 is 1.24 bits per heavy atom. The van der Waals surface area contributed by atoms with Gasteiger partial charge in [0.25, 0.3) is 0 Å². The Bertz CT molecular complexity index is 399. The number of hydrogen-bond donors (Lipinski definition) is 1. The maximum Gasteiger partial charge on any atom is 0.236 e. The van der Waals surface area contributed by atoms with Crippen LogP contribution < -0.4 is 5.32 Å². The number of likely N-dealkylation sites (tertiary alicyclic amines) is 1. The minimum Gasteiger partial charge on any atom is -0.470 e. The Labute approximate surface area is 125 Å². The lowest BCUT2D eigenvalue weighted by molar-refractivity contribution is -0.0226. The number of rotatable bonds is 3. The fraction of sp³-hybridized carbons (Fsp3) is 0.933. The first-order valence-electron chi connectivity index (χ1n) is 8.25. The molecule has 3 atom stereocenters. The number of fused-ring (bicyclic) bond motifs is 1. The molecule has 6 heteroatoms. The molecular formula is C15H25N3O3. The molecule has 1 N–H and O–H groups in total. The summed E-state index contributed by atoms with van der Waals surface area (Å²) >= 11 is 0. The van der Waals surface area contributed by atoms with Crippen LogP contribution in [-0.4, -0.2) is 69.4 Å². The van der Waals surface area contributed by atoms with Crippen LogP contribution in [0.2, 0.25) is 0 Å². The van der Waals surface area contributed by atoms with Gasteiger partial charge in [-0.05, 0) is 25.9 Å². The molecule has 0 spiro atoms. The highest BCUT2D eigenvalue weighted by Crippen LogP contribution is 2.40. The summed E-state index contributed by atoms with van der Waals surface area (Å²) in [5.41, 5.74) is -0.0967. The summed E-state index contributed by atoms with van der Waals surface area (Å²) in [5.74, 6) is 1.23. The van der Waals surface area contributed by atoms with E-state index in [4.69, 9.17) is 14.3 Å². The van der Waals surface area contributed by atoms with Gasteiger partial charge in [0, 0.05) is 25.6 Å². The minimum atomic E-state index is -0.0967. The Morgan fingerprint density at radius 3 is 3.05 bits per heavy atom. The lowest BCUT2D eigenvalue weighted by atomic mass is 9.80. The van der Waals surface area contributed by atoms with Gasteiger partial charge in [-0.25, -0.2) is 0 Å². The standard InChI is InChI=1S/C15H25N3O3/c1-2-4-18(5-3-1)7-13-9-20-17-14(21-13)15-10-16-6-12(15)8-19-11-15/h12-13,16H,1-11H2/t12-,13?,15-/m0/s1. The number of oxime groups is 1. The van der Waals surface area contributed by atoms with Crippen molar-refractivity contribution >= 4 is 5.90 Å². The van der Waals surface area contributed by atoms with Gasteiger partial charge in [0.2, 0.25) is 5.90 Å². The van der Waals surface area contributed by atoms with Crippen LogP contribution >= 0.6 is 0 Å². The van der Waals surface area contributed by atoms with Gasteiger partial charge in [0.05, 0.1) is 18.6 Å². The lowest BCUT2D eigenvalue weighted by Gasteiger charge is -2.35. The molecule has 0 aliphatic carbocycles. The van der Waals surface area contributed by atoms with E-state index in [1.165, 1.54) is 32.4 Å². The Kier molecular flexibility index (Phi) is 3.77. The average Bonchev–Trinajstić information content (AvgIpc) is 3.09. The van der Waals surface area contributed by atoms with Crippen molar-refractivity contribution < 1.29 is 14.3 Å². The van der Waals surface area contributed by atoms with Crippen LogP contribution in [0, 0.1) is 11.3 Å². The lowest BCUT2D eigenvalue weighted by Crippen LogP contribution is -2.48. The summed E-state index contributed by atoms with van der Waals surface area (Å²) in [7, 11) is 0. The number of piperidine rings is 1. The van der Waals surface area contributed by atoms with E-state index in [1.54, 1.807) is 0 Å². The maximum absolute atomic E-state index is 6.24. The second kappa shape index (κ2) is 5.74. The predicted molar refractivity (Wildman–Crippen MR) is 78.2 cm³/mol. The summed E-state index contributed by atoms with van der Waals surface area (Å²) in [6, 6.07) is 0. The van der Waals surface area contributed by atoms with Crippen molar-refractivity contribution in [3.8, 4) is 0 Å². The van der Waals surface area contributed by atoms with Crippen molar-refractivity contribution in [2.24, 2.45) is 16.5 Å². The monoisotopic (exact) mass is 295 g/mol. The van der Waals surface area contributed by atoms with E-state index < -0.39 is 0 Å². The van der Waals surface area contributed by atoms with E-state index in [-0.39, 0.29) is 11.5 Å².